The van der Waals surface area contributed by atoms with Gasteiger partial charge in [0.2, 0.25) is 0 Å². The molecule has 1 aromatic carbocycles. The fraction of sp³-hybridized carbons (Fsp3) is 0.571. The van der Waals surface area contributed by atoms with Gasteiger partial charge in [0, 0.05) is 0 Å². The van der Waals surface area contributed by atoms with Crippen LogP contribution in [-0.2, 0) is 0 Å². The van der Waals surface area contributed by atoms with Crippen molar-refractivity contribution in [2.45, 2.75) is 39.5 Å². The fourth-order valence-electron chi connectivity index (χ4n) is 1.59. The van der Waals surface area contributed by atoms with Crippen LogP contribution < -0.4 is 10.6 Å². The van der Waals surface area contributed by atoms with Crippen molar-refractivity contribution in [3.05, 3.63) is 24.3 Å². The molecule has 0 saturated carbocycles. The summed E-state index contributed by atoms with van der Waals surface area (Å²) in [4.78, 5) is 0. The Kier molecular flexibility index (Phi) is 8.08. The molecule has 2 unspecified atom stereocenters. The molecule has 0 bridgehead atoms. The van der Waals surface area contributed by atoms with Crippen molar-refractivity contribution >= 4 is 27.8 Å². The third kappa shape index (κ3) is 5.42. The van der Waals surface area contributed by atoms with Gasteiger partial charge in [0.25, 0.3) is 0 Å². The lowest BCUT2D eigenvalue weighted by atomic mass is 10.4. The van der Waals surface area contributed by atoms with Gasteiger partial charge in [-0.2, -0.15) is 0 Å². The van der Waals surface area contributed by atoms with E-state index in [1.165, 1.54) is 38.0 Å². The molecule has 2 atom stereocenters. The molecule has 0 heterocycles. The highest BCUT2D eigenvalue weighted by Crippen LogP contribution is 2.18. The SMILES string of the molecule is CCCCPc1ccccc1PCCCC. The van der Waals surface area contributed by atoms with Crippen LogP contribution in [-0.4, -0.2) is 12.3 Å². The highest BCUT2D eigenvalue weighted by molar-refractivity contribution is 7.54. The van der Waals surface area contributed by atoms with Gasteiger partial charge in [0.15, 0.2) is 0 Å². The van der Waals surface area contributed by atoms with Crippen LogP contribution in [0.4, 0.5) is 0 Å². The van der Waals surface area contributed by atoms with Crippen LogP contribution >= 0.6 is 17.2 Å². The molecule has 0 radical (unpaired) electrons. The Bertz CT molecular complexity index is 255. The van der Waals surface area contributed by atoms with E-state index in [0.717, 1.165) is 17.2 Å². The Morgan fingerprint density at radius 3 is 1.62 bits per heavy atom. The number of rotatable bonds is 8. The highest BCUT2D eigenvalue weighted by Gasteiger charge is 2.00. The van der Waals surface area contributed by atoms with Crippen molar-refractivity contribution in [2.75, 3.05) is 12.3 Å². The molecule has 0 aromatic heterocycles. The van der Waals surface area contributed by atoms with Crippen LogP contribution in [0.2, 0.25) is 0 Å². The van der Waals surface area contributed by atoms with Gasteiger partial charge in [0.1, 0.15) is 0 Å². The van der Waals surface area contributed by atoms with Gasteiger partial charge >= 0.3 is 0 Å². The van der Waals surface area contributed by atoms with Crippen LogP contribution in [0.15, 0.2) is 24.3 Å². The molecule has 0 nitrogen and oxygen atoms in total. The van der Waals surface area contributed by atoms with Gasteiger partial charge in [0.05, 0.1) is 0 Å². The second-order valence-corrected chi connectivity index (χ2v) is 6.89. The molecule has 0 spiro atoms. The second-order valence-electron chi connectivity index (χ2n) is 4.11. The van der Waals surface area contributed by atoms with Crippen LogP contribution in [0.5, 0.6) is 0 Å². The lowest BCUT2D eigenvalue weighted by Crippen LogP contribution is -2.15. The lowest BCUT2D eigenvalue weighted by Gasteiger charge is -2.09. The average Bonchev–Trinajstić information content (AvgIpc) is 2.32. The Morgan fingerprint density at radius 2 is 1.25 bits per heavy atom. The summed E-state index contributed by atoms with van der Waals surface area (Å²) in [5.41, 5.74) is 0. The average molecular weight is 254 g/mol. The van der Waals surface area contributed by atoms with Crippen LogP contribution in [0, 0.1) is 0 Å². The predicted octanol–water partition coefficient (Wildman–Crippen LogP) is 3.89. The molecule has 0 amide bonds. The molecule has 1 aromatic rings. The summed E-state index contributed by atoms with van der Waals surface area (Å²) in [6, 6.07) is 9.06. The first-order valence-corrected chi connectivity index (χ1v) is 8.86. The van der Waals surface area contributed by atoms with E-state index >= 15 is 0 Å². The van der Waals surface area contributed by atoms with Gasteiger partial charge in [-0.3, -0.25) is 0 Å². The second kappa shape index (κ2) is 9.15. The Morgan fingerprint density at radius 1 is 0.812 bits per heavy atom. The molecule has 90 valence electrons. The summed E-state index contributed by atoms with van der Waals surface area (Å²) in [7, 11) is 2.06. The van der Waals surface area contributed by atoms with E-state index < -0.39 is 0 Å². The molecule has 0 aliphatic carbocycles. The minimum absolute atomic E-state index is 1.03. The number of unbranched alkanes of at least 4 members (excludes halogenated alkanes) is 2. The maximum Gasteiger partial charge on any atom is -0.0198 e. The number of hydrogen-bond acceptors (Lipinski definition) is 0. The monoisotopic (exact) mass is 254 g/mol. The zero-order valence-corrected chi connectivity index (χ0v) is 12.6. The van der Waals surface area contributed by atoms with E-state index in [9.17, 15) is 0 Å². The molecule has 0 aliphatic heterocycles. The van der Waals surface area contributed by atoms with E-state index in [2.05, 4.69) is 38.1 Å². The molecule has 1 rings (SSSR count). The van der Waals surface area contributed by atoms with Crippen LogP contribution in [0.25, 0.3) is 0 Å². The first-order valence-electron chi connectivity index (χ1n) is 6.45. The van der Waals surface area contributed by atoms with Crippen molar-refractivity contribution < 1.29 is 0 Å². The van der Waals surface area contributed by atoms with Crippen molar-refractivity contribution in [1.29, 1.82) is 0 Å². The summed E-state index contributed by atoms with van der Waals surface area (Å²) in [6.45, 7) is 4.55. The Balaban J connectivity index is 2.46. The topological polar surface area (TPSA) is 0 Å². The smallest absolute Gasteiger partial charge is 0.0198 e. The fourth-order valence-corrected chi connectivity index (χ4v) is 4.70. The molecular weight excluding hydrogens is 230 g/mol. The third-order valence-electron chi connectivity index (χ3n) is 2.62. The molecule has 2 heteroatoms. The van der Waals surface area contributed by atoms with Gasteiger partial charge in [-0.05, 0) is 35.8 Å². The first-order chi connectivity index (χ1) is 7.88. The molecular formula is C14H24P2. The minimum Gasteiger partial charge on any atom is -0.0897 e. The Labute approximate surface area is 104 Å². The quantitative estimate of drug-likeness (QED) is 0.487. The zero-order chi connectivity index (χ0) is 11.6. The van der Waals surface area contributed by atoms with Crippen molar-refractivity contribution in [2.24, 2.45) is 0 Å². The van der Waals surface area contributed by atoms with Crippen molar-refractivity contribution in [1.82, 2.24) is 0 Å². The predicted molar refractivity (Wildman–Crippen MR) is 81.9 cm³/mol. The van der Waals surface area contributed by atoms with E-state index in [4.69, 9.17) is 0 Å². The largest absolute Gasteiger partial charge is 0.0897 e. The van der Waals surface area contributed by atoms with Crippen molar-refractivity contribution in [3.8, 4) is 0 Å². The van der Waals surface area contributed by atoms with Crippen LogP contribution in [0.3, 0.4) is 0 Å². The maximum atomic E-state index is 2.34. The summed E-state index contributed by atoms with van der Waals surface area (Å²) in [5.74, 6) is 0. The first kappa shape index (κ1) is 14.1. The third-order valence-corrected chi connectivity index (χ3v) is 5.71. The van der Waals surface area contributed by atoms with E-state index in [1.54, 1.807) is 10.6 Å². The lowest BCUT2D eigenvalue weighted by molar-refractivity contribution is 0.895. The van der Waals surface area contributed by atoms with E-state index in [0.29, 0.717) is 0 Å². The van der Waals surface area contributed by atoms with Gasteiger partial charge in [-0.25, -0.2) is 0 Å². The summed E-state index contributed by atoms with van der Waals surface area (Å²) in [5, 5.41) is 3.26. The summed E-state index contributed by atoms with van der Waals surface area (Å²) < 4.78 is 0. The Hall–Kier alpha value is 0.0800. The molecule has 0 saturated heterocycles. The minimum atomic E-state index is 1.03. The standard InChI is InChI=1S/C14H24P2/c1-3-5-11-15-13-9-7-8-10-14(13)16-12-6-4-2/h7-10,15-16H,3-6,11-12H2,1-2H3. The molecule has 0 fully saturated rings. The number of hydrogen-bond donors (Lipinski definition) is 0. The van der Waals surface area contributed by atoms with Gasteiger partial charge in [-0.15, -0.1) is 0 Å². The maximum absolute atomic E-state index is 2.34. The molecule has 16 heavy (non-hydrogen) atoms. The van der Waals surface area contributed by atoms with Crippen LogP contribution in [0.1, 0.15) is 39.5 Å². The normalized spacial score (nSPS) is 12.1. The molecule has 0 N–H and O–H groups in total. The highest BCUT2D eigenvalue weighted by atomic mass is 31.1. The zero-order valence-electron chi connectivity index (χ0n) is 10.6. The summed E-state index contributed by atoms with van der Waals surface area (Å²) in [6.07, 6.45) is 8.17. The van der Waals surface area contributed by atoms with Crippen molar-refractivity contribution in [3.63, 3.8) is 0 Å². The van der Waals surface area contributed by atoms with Gasteiger partial charge < -0.3 is 0 Å². The van der Waals surface area contributed by atoms with Gasteiger partial charge in [-0.1, -0.05) is 68.1 Å². The number of benzene rings is 1. The van der Waals surface area contributed by atoms with E-state index in [1.807, 2.05) is 0 Å². The molecule has 0 aliphatic rings. The summed E-state index contributed by atoms with van der Waals surface area (Å²) >= 11 is 0. The van der Waals surface area contributed by atoms with E-state index in [-0.39, 0.29) is 0 Å².